The normalized spacial score (nSPS) is 10.3. The molecule has 0 aromatic rings. The predicted molar refractivity (Wildman–Crippen MR) is 25.9 cm³/mol. The van der Waals surface area contributed by atoms with E-state index in [0.29, 0.717) is 0 Å². The second-order valence-electron chi connectivity index (χ2n) is 1.45. The van der Waals surface area contributed by atoms with Gasteiger partial charge in [-0.3, -0.25) is 4.79 Å². The second kappa shape index (κ2) is 8.04. The van der Waals surface area contributed by atoms with Crippen LogP contribution in [0, 0.1) is 0 Å². The largest absolute Gasteiger partial charge is 0.481 e. The van der Waals surface area contributed by atoms with Crippen LogP contribution in [0.4, 0.5) is 0 Å². The molecular weight excluding hydrogens is 240 g/mol. The van der Waals surface area contributed by atoms with Crippen molar-refractivity contribution in [2.24, 2.45) is 0 Å². The molecule has 11 heavy (non-hydrogen) atoms. The third-order valence-corrected chi connectivity index (χ3v) is 0.653. The number of rotatable bonds is 3. The summed E-state index contributed by atoms with van der Waals surface area (Å²) in [6.07, 6.45) is -2.54. The Morgan fingerprint density at radius 3 is 1.64 bits per heavy atom. The van der Waals surface area contributed by atoms with E-state index in [0.717, 1.165) is 0 Å². The van der Waals surface area contributed by atoms with Crippen LogP contribution in [0.5, 0.6) is 0 Å². The van der Waals surface area contributed by atoms with Crippen molar-refractivity contribution >= 4 is 11.9 Å². The Kier molecular flexibility index (Phi) is 12.5. The Labute approximate surface area is 83.7 Å². The van der Waals surface area contributed by atoms with Gasteiger partial charge in [-0.15, -0.1) is 0 Å². The first-order chi connectivity index (χ1) is 4.04. The Morgan fingerprint density at radius 1 is 1.18 bits per heavy atom. The number of carbonyl (C=O) groups is 2. The first kappa shape index (κ1) is 17.1. The zero-order chi connectivity index (χ0) is 7.44. The van der Waals surface area contributed by atoms with Crippen molar-refractivity contribution in [1.82, 2.24) is 0 Å². The summed E-state index contributed by atoms with van der Waals surface area (Å²) in [6.45, 7) is 0. The monoisotopic (exact) mass is 246 g/mol. The Bertz CT molecular complexity index is 136. The minimum atomic E-state index is -1.79. The number of carboxylic acid groups (broad SMARTS) is 2. The van der Waals surface area contributed by atoms with E-state index in [9.17, 15) is 9.59 Å². The third kappa shape index (κ3) is 9.94. The molecular formula is C4H6Fe2O5. The van der Waals surface area contributed by atoms with Gasteiger partial charge in [0.05, 0.1) is 6.42 Å². The minimum absolute atomic E-state index is 0. The standard InChI is InChI=1S/C4H6O5.2Fe/c5-2(4(8)9)1-3(6)7;;/h2,5H,1H2,(H,6,7)(H,8,9);;. The van der Waals surface area contributed by atoms with Crippen molar-refractivity contribution in [2.75, 3.05) is 0 Å². The molecule has 0 fully saturated rings. The molecule has 68 valence electrons. The van der Waals surface area contributed by atoms with Gasteiger partial charge in [-0.1, -0.05) is 0 Å². The first-order valence-corrected chi connectivity index (χ1v) is 2.16. The average molecular weight is 246 g/mol. The van der Waals surface area contributed by atoms with Crippen molar-refractivity contribution < 1.29 is 59.0 Å². The van der Waals surface area contributed by atoms with Crippen LogP contribution < -0.4 is 0 Å². The van der Waals surface area contributed by atoms with Gasteiger partial charge in [-0.05, 0) is 0 Å². The smallest absolute Gasteiger partial charge is 0.333 e. The summed E-state index contributed by atoms with van der Waals surface area (Å²) in [5, 5.41) is 24.1. The molecule has 0 amide bonds. The topological polar surface area (TPSA) is 94.8 Å². The molecule has 0 saturated carbocycles. The van der Waals surface area contributed by atoms with Gasteiger partial charge in [0, 0.05) is 34.1 Å². The van der Waals surface area contributed by atoms with E-state index in [4.69, 9.17) is 15.3 Å². The zero-order valence-corrected chi connectivity index (χ0v) is 7.36. The minimum Gasteiger partial charge on any atom is -0.481 e. The quantitative estimate of drug-likeness (QED) is 0.549. The molecule has 0 aromatic heterocycles. The maximum atomic E-state index is 9.72. The van der Waals surface area contributed by atoms with E-state index in [1.165, 1.54) is 0 Å². The van der Waals surface area contributed by atoms with Gasteiger partial charge in [0.1, 0.15) is 0 Å². The van der Waals surface area contributed by atoms with Crippen molar-refractivity contribution in [1.29, 1.82) is 0 Å². The van der Waals surface area contributed by atoms with Crippen molar-refractivity contribution in [3.05, 3.63) is 0 Å². The molecule has 5 nitrogen and oxygen atoms in total. The van der Waals surface area contributed by atoms with Gasteiger partial charge in [0.25, 0.3) is 0 Å². The maximum absolute atomic E-state index is 9.72. The molecule has 3 N–H and O–H groups in total. The summed E-state index contributed by atoms with van der Waals surface area (Å²) in [5.74, 6) is -2.85. The molecule has 1 atom stereocenters. The fourth-order valence-electron chi connectivity index (χ4n) is 0.253. The van der Waals surface area contributed by atoms with Crippen LogP contribution in [0.25, 0.3) is 0 Å². The summed E-state index contributed by atoms with van der Waals surface area (Å²) in [4.78, 5) is 19.4. The van der Waals surface area contributed by atoms with Crippen LogP contribution in [0.2, 0.25) is 0 Å². The van der Waals surface area contributed by atoms with Gasteiger partial charge in [-0.25, -0.2) is 4.79 Å². The number of carboxylic acids is 2. The number of aliphatic carboxylic acids is 2. The molecule has 0 aromatic carbocycles. The summed E-state index contributed by atoms with van der Waals surface area (Å²) in [6, 6.07) is 0. The molecule has 0 bridgehead atoms. The van der Waals surface area contributed by atoms with Crippen molar-refractivity contribution in [3.63, 3.8) is 0 Å². The molecule has 0 saturated heterocycles. The number of aliphatic hydroxyl groups excluding tert-OH is 1. The molecule has 0 rings (SSSR count). The van der Waals surface area contributed by atoms with Crippen molar-refractivity contribution in [3.8, 4) is 0 Å². The number of hydrogen-bond donors (Lipinski definition) is 3. The summed E-state index contributed by atoms with van der Waals surface area (Å²) < 4.78 is 0. The molecule has 7 heteroatoms. The van der Waals surface area contributed by atoms with E-state index in [1.54, 1.807) is 0 Å². The Morgan fingerprint density at radius 2 is 1.55 bits per heavy atom. The van der Waals surface area contributed by atoms with Crippen LogP contribution in [0.3, 0.4) is 0 Å². The van der Waals surface area contributed by atoms with Gasteiger partial charge in [-0.2, -0.15) is 0 Å². The van der Waals surface area contributed by atoms with E-state index in [1.807, 2.05) is 0 Å². The van der Waals surface area contributed by atoms with E-state index in [2.05, 4.69) is 0 Å². The molecule has 0 heterocycles. The van der Waals surface area contributed by atoms with Crippen LogP contribution >= 0.6 is 0 Å². The molecule has 0 aliphatic carbocycles. The van der Waals surface area contributed by atoms with Gasteiger partial charge < -0.3 is 15.3 Å². The van der Waals surface area contributed by atoms with E-state index < -0.39 is 24.5 Å². The number of aliphatic hydroxyl groups is 1. The van der Waals surface area contributed by atoms with Crippen LogP contribution in [0.15, 0.2) is 0 Å². The second-order valence-corrected chi connectivity index (χ2v) is 1.45. The van der Waals surface area contributed by atoms with E-state index in [-0.39, 0.29) is 34.1 Å². The van der Waals surface area contributed by atoms with Crippen LogP contribution in [-0.2, 0) is 43.7 Å². The predicted octanol–water partition coefficient (Wildman–Crippen LogP) is -1.10. The fourth-order valence-corrected chi connectivity index (χ4v) is 0.253. The Balaban J connectivity index is -0.000000320. The summed E-state index contributed by atoms with van der Waals surface area (Å²) in [7, 11) is 0. The molecule has 0 aliphatic rings. The van der Waals surface area contributed by atoms with Gasteiger partial charge in [0.2, 0.25) is 0 Å². The zero-order valence-electron chi connectivity index (χ0n) is 5.15. The Hall–Kier alpha value is -0.0610. The van der Waals surface area contributed by atoms with Gasteiger partial charge in [0.15, 0.2) is 6.10 Å². The summed E-state index contributed by atoms with van der Waals surface area (Å²) >= 11 is 0. The average Bonchev–Trinajstić information content (AvgIpc) is 1.63. The molecule has 0 spiro atoms. The van der Waals surface area contributed by atoms with Crippen LogP contribution in [0.1, 0.15) is 6.42 Å². The third-order valence-electron chi connectivity index (χ3n) is 0.653. The molecule has 0 radical (unpaired) electrons. The fraction of sp³-hybridized carbons (Fsp3) is 0.500. The molecule has 1 unspecified atom stereocenters. The summed E-state index contributed by atoms with van der Waals surface area (Å²) in [5.41, 5.74) is 0. The number of hydrogen-bond acceptors (Lipinski definition) is 3. The SMILES string of the molecule is O=C(O)CC(O)C(=O)O.[Fe].[Fe]. The molecule has 0 aliphatic heterocycles. The van der Waals surface area contributed by atoms with E-state index >= 15 is 0 Å². The van der Waals surface area contributed by atoms with Gasteiger partial charge >= 0.3 is 11.9 Å². The first-order valence-electron chi connectivity index (χ1n) is 2.16. The van der Waals surface area contributed by atoms with Crippen molar-refractivity contribution in [2.45, 2.75) is 12.5 Å². The maximum Gasteiger partial charge on any atom is 0.333 e. The van der Waals surface area contributed by atoms with Crippen LogP contribution in [-0.4, -0.2) is 33.4 Å².